The Bertz CT molecular complexity index is 484. The first-order chi connectivity index (χ1) is 8.75. The van der Waals surface area contributed by atoms with Crippen LogP contribution in [0.2, 0.25) is 0 Å². The van der Waals surface area contributed by atoms with E-state index in [1.54, 1.807) is 24.3 Å². The Hall–Kier alpha value is -2.19. The Morgan fingerprint density at radius 2 is 1.72 bits per heavy atom. The van der Waals surface area contributed by atoms with Gasteiger partial charge in [-0.1, -0.05) is 12.1 Å². The van der Waals surface area contributed by atoms with Crippen LogP contribution in [-0.4, -0.2) is 23.5 Å². The van der Waals surface area contributed by atoms with Gasteiger partial charge in [0, 0.05) is 6.42 Å². The highest BCUT2D eigenvalue weighted by molar-refractivity contribution is 6.20. The fourth-order valence-electron chi connectivity index (χ4n) is 1.75. The lowest BCUT2D eigenvalue weighted by atomic mass is 10.1. The van der Waals surface area contributed by atoms with E-state index in [0.29, 0.717) is 30.4 Å². The maximum absolute atomic E-state index is 11.9. The third-order valence-corrected chi connectivity index (χ3v) is 2.66. The lowest BCUT2D eigenvalue weighted by molar-refractivity contribution is -0.0921. The highest BCUT2D eigenvalue weighted by atomic mass is 16.7. The molecule has 1 aliphatic rings. The van der Waals surface area contributed by atoms with Crippen LogP contribution in [0.15, 0.2) is 24.3 Å². The second kappa shape index (κ2) is 5.43. The number of nitrogens with zero attached hydrogens (tertiary/aromatic N) is 2. The van der Waals surface area contributed by atoms with Crippen molar-refractivity contribution in [2.75, 3.05) is 6.61 Å². The van der Waals surface area contributed by atoms with Crippen LogP contribution in [0.3, 0.4) is 0 Å². The molecule has 0 saturated carbocycles. The summed E-state index contributed by atoms with van der Waals surface area (Å²) in [4.78, 5) is 28.9. The minimum absolute atomic E-state index is 0.257. The smallest absolute Gasteiger partial charge is 0.266 e. The molecule has 5 heteroatoms. The maximum Gasteiger partial charge on any atom is 0.285 e. The molecule has 0 fully saturated rings. The molecule has 0 N–H and O–H groups in total. The van der Waals surface area contributed by atoms with E-state index in [-0.39, 0.29) is 6.61 Å². The van der Waals surface area contributed by atoms with E-state index in [9.17, 15) is 9.59 Å². The maximum atomic E-state index is 11.9. The van der Waals surface area contributed by atoms with E-state index in [0.717, 1.165) is 5.06 Å². The number of rotatable bonds is 5. The van der Waals surface area contributed by atoms with Crippen molar-refractivity contribution < 1.29 is 14.4 Å². The lowest BCUT2D eigenvalue weighted by Gasteiger charge is -2.12. The van der Waals surface area contributed by atoms with Gasteiger partial charge in [0.05, 0.1) is 23.8 Å². The fraction of sp³-hybridized carbons (Fsp3) is 0.308. The molecule has 5 nitrogen and oxygen atoms in total. The predicted octanol–water partition coefficient (Wildman–Crippen LogP) is 1.91. The van der Waals surface area contributed by atoms with Crippen molar-refractivity contribution in [2.24, 2.45) is 0 Å². The van der Waals surface area contributed by atoms with Gasteiger partial charge in [-0.3, -0.25) is 14.4 Å². The van der Waals surface area contributed by atoms with Crippen LogP contribution >= 0.6 is 0 Å². The number of unbranched alkanes of at least 4 members (excludes halogenated alkanes) is 2. The van der Waals surface area contributed by atoms with E-state index >= 15 is 0 Å². The molecule has 2 rings (SSSR count). The number of nitriles is 1. The van der Waals surface area contributed by atoms with Crippen molar-refractivity contribution in [1.82, 2.24) is 5.06 Å². The molecule has 2 amide bonds. The number of benzene rings is 1. The Kier molecular flexibility index (Phi) is 3.70. The van der Waals surface area contributed by atoms with Crippen molar-refractivity contribution in [3.8, 4) is 6.07 Å². The van der Waals surface area contributed by atoms with Crippen LogP contribution in [0, 0.1) is 11.3 Å². The zero-order valence-electron chi connectivity index (χ0n) is 9.76. The molecule has 1 aromatic carbocycles. The molecule has 1 heterocycles. The molecule has 0 unspecified atom stereocenters. The number of amides is 2. The van der Waals surface area contributed by atoms with Gasteiger partial charge in [-0.15, -0.1) is 5.06 Å². The summed E-state index contributed by atoms with van der Waals surface area (Å²) in [6.45, 7) is 0.257. The van der Waals surface area contributed by atoms with Crippen molar-refractivity contribution in [1.29, 1.82) is 5.26 Å². The zero-order chi connectivity index (χ0) is 13.0. The van der Waals surface area contributed by atoms with E-state index in [1.807, 2.05) is 6.07 Å². The molecule has 0 radical (unpaired) electrons. The molecule has 0 spiro atoms. The van der Waals surface area contributed by atoms with Gasteiger partial charge in [0.25, 0.3) is 11.8 Å². The standard InChI is InChI=1S/C13H12N2O3/c14-8-4-1-5-9-18-15-12(16)10-6-2-3-7-11(10)13(15)17/h2-3,6-7H,1,4-5,9H2. The van der Waals surface area contributed by atoms with Crippen LogP contribution in [0.5, 0.6) is 0 Å². The molecule has 18 heavy (non-hydrogen) atoms. The van der Waals surface area contributed by atoms with E-state index in [1.165, 1.54) is 0 Å². The molecule has 1 aliphatic heterocycles. The van der Waals surface area contributed by atoms with Gasteiger partial charge >= 0.3 is 0 Å². The molecule has 0 saturated heterocycles. The Balaban J connectivity index is 1.95. The minimum atomic E-state index is -0.420. The summed E-state index contributed by atoms with van der Waals surface area (Å²) in [6, 6.07) is 8.65. The number of hydrogen-bond donors (Lipinski definition) is 0. The number of fused-ring (bicyclic) bond motifs is 1. The average Bonchev–Trinajstić information content (AvgIpc) is 2.64. The normalized spacial score (nSPS) is 13.6. The summed E-state index contributed by atoms with van der Waals surface area (Å²) in [5.74, 6) is -0.841. The zero-order valence-corrected chi connectivity index (χ0v) is 9.76. The van der Waals surface area contributed by atoms with Gasteiger partial charge in [-0.25, -0.2) is 0 Å². The first-order valence-electron chi connectivity index (χ1n) is 5.73. The molecular formula is C13H12N2O3. The second-order valence-corrected chi connectivity index (χ2v) is 3.90. The number of imide groups is 1. The van der Waals surface area contributed by atoms with E-state index in [4.69, 9.17) is 10.1 Å². The molecular weight excluding hydrogens is 232 g/mol. The number of carbonyl (C=O) groups excluding carboxylic acids is 2. The van der Waals surface area contributed by atoms with Crippen LogP contribution in [0.25, 0.3) is 0 Å². The average molecular weight is 244 g/mol. The van der Waals surface area contributed by atoms with Crippen molar-refractivity contribution in [2.45, 2.75) is 19.3 Å². The summed E-state index contributed by atoms with van der Waals surface area (Å²) >= 11 is 0. The summed E-state index contributed by atoms with van der Waals surface area (Å²) in [5.41, 5.74) is 0.749. The van der Waals surface area contributed by atoms with Crippen LogP contribution in [0.4, 0.5) is 0 Å². The highest BCUT2D eigenvalue weighted by Gasteiger charge is 2.36. The Labute approximate surface area is 105 Å². The van der Waals surface area contributed by atoms with Gasteiger partial charge in [0.2, 0.25) is 0 Å². The predicted molar refractivity (Wildman–Crippen MR) is 62.4 cm³/mol. The van der Waals surface area contributed by atoms with E-state index in [2.05, 4.69) is 0 Å². The highest BCUT2D eigenvalue weighted by Crippen LogP contribution is 2.22. The molecule has 1 aromatic rings. The van der Waals surface area contributed by atoms with Gasteiger partial charge in [-0.2, -0.15) is 5.26 Å². The summed E-state index contributed by atoms with van der Waals surface area (Å²) in [7, 11) is 0. The second-order valence-electron chi connectivity index (χ2n) is 3.90. The molecule has 0 bridgehead atoms. The largest absolute Gasteiger partial charge is 0.285 e. The minimum Gasteiger partial charge on any atom is -0.266 e. The third-order valence-electron chi connectivity index (χ3n) is 2.66. The molecule has 0 aromatic heterocycles. The van der Waals surface area contributed by atoms with Crippen molar-refractivity contribution in [3.63, 3.8) is 0 Å². The van der Waals surface area contributed by atoms with E-state index < -0.39 is 11.8 Å². The number of hydroxylamine groups is 2. The Morgan fingerprint density at radius 3 is 2.28 bits per heavy atom. The lowest BCUT2D eigenvalue weighted by Crippen LogP contribution is -2.30. The third kappa shape index (κ3) is 2.24. The monoisotopic (exact) mass is 244 g/mol. The summed E-state index contributed by atoms with van der Waals surface area (Å²) < 4.78 is 0. The Morgan fingerprint density at radius 1 is 1.11 bits per heavy atom. The van der Waals surface area contributed by atoms with Gasteiger partial charge < -0.3 is 0 Å². The van der Waals surface area contributed by atoms with Crippen LogP contribution in [-0.2, 0) is 4.84 Å². The SMILES string of the molecule is N#CCCCCON1C(=O)c2ccccc2C1=O. The number of carbonyl (C=O) groups is 2. The fourth-order valence-corrected chi connectivity index (χ4v) is 1.75. The molecule has 0 atom stereocenters. The summed E-state index contributed by atoms with van der Waals surface area (Å²) in [6.07, 6.45) is 1.78. The molecule has 92 valence electrons. The molecule has 0 aliphatic carbocycles. The topological polar surface area (TPSA) is 70.4 Å². The van der Waals surface area contributed by atoms with Gasteiger partial charge in [0.15, 0.2) is 0 Å². The first kappa shape index (κ1) is 12.3. The van der Waals surface area contributed by atoms with Crippen molar-refractivity contribution >= 4 is 11.8 Å². The van der Waals surface area contributed by atoms with Gasteiger partial charge in [-0.05, 0) is 25.0 Å². The summed E-state index contributed by atoms with van der Waals surface area (Å²) in [5, 5.41) is 9.17. The van der Waals surface area contributed by atoms with Crippen molar-refractivity contribution in [3.05, 3.63) is 35.4 Å². The number of hydrogen-bond acceptors (Lipinski definition) is 4. The van der Waals surface area contributed by atoms with Crippen LogP contribution in [0.1, 0.15) is 40.0 Å². The van der Waals surface area contributed by atoms with Crippen LogP contribution < -0.4 is 0 Å². The quantitative estimate of drug-likeness (QED) is 0.586. The first-order valence-corrected chi connectivity index (χ1v) is 5.73. The van der Waals surface area contributed by atoms with Gasteiger partial charge in [0.1, 0.15) is 0 Å².